The van der Waals surface area contributed by atoms with Gasteiger partial charge in [0.2, 0.25) is 0 Å². The molecule has 0 unspecified atom stereocenters. The Hall–Kier alpha value is -1.57. The second-order valence-corrected chi connectivity index (χ2v) is 7.38. The average Bonchev–Trinajstić information content (AvgIpc) is 2.55. The van der Waals surface area contributed by atoms with Crippen molar-refractivity contribution in [3.05, 3.63) is 45.5 Å². The first-order chi connectivity index (χ1) is 11.2. The molecule has 2 aliphatic rings. The Labute approximate surface area is 145 Å². The third-order valence-corrected chi connectivity index (χ3v) is 5.44. The van der Waals surface area contributed by atoms with E-state index in [0.29, 0.717) is 17.0 Å². The van der Waals surface area contributed by atoms with Crippen LogP contribution in [0.2, 0.25) is 5.02 Å². The van der Waals surface area contributed by atoms with Crippen molar-refractivity contribution >= 4 is 34.9 Å². The van der Waals surface area contributed by atoms with Gasteiger partial charge in [0.25, 0.3) is 0 Å². The van der Waals surface area contributed by atoms with Crippen LogP contribution < -0.4 is 0 Å². The number of fused-ring (bicyclic) bond motifs is 1. The fraction of sp³-hybridized carbons (Fsp3) is 0.389. The molecule has 3 rings (SSSR count). The van der Waals surface area contributed by atoms with E-state index in [1.54, 1.807) is 11.8 Å². The number of aliphatic imine (C=N–C) groups is 1. The minimum Gasteiger partial charge on any atom is -0.299 e. The molecule has 0 saturated heterocycles. The van der Waals surface area contributed by atoms with Gasteiger partial charge in [-0.05, 0) is 36.3 Å². The summed E-state index contributed by atoms with van der Waals surface area (Å²) in [4.78, 5) is 17.2. The summed E-state index contributed by atoms with van der Waals surface area (Å²) in [5, 5.41) is 11.1. The Morgan fingerprint density at radius 1 is 1.30 bits per heavy atom. The van der Waals surface area contributed by atoms with E-state index in [2.05, 4.69) is 11.1 Å². The van der Waals surface area contributed by atoms with Crippen LogP contribution in [0, 0.1) is 17.2 Å². The van der Waals surface area contributed by atoms with Crippen molar-refractivity contribution in [2.24, 2.45) is 10.9 Å². The maximum absolute atomic E-state index is 12.6. The van der Waals surface area contributed by atoms with Crippen molar-refractivity contribution in [1.29, 1.82) is 5.26 Å². The zero-order chi connectivity index (χ0) is 16.4. The second-order valence-electron chi connectivity index (χ2n) is 5.69. The number of thioether (sulfide) groups is 1. The van der Waals surface area contributed by atoms with Gasteiger partial charge < -0.3 is 0 Å². The Bertz CT molecular complexity index is 730. The number of allylic oxidation sites excluding steroid dienone is 1. The molecule has 1 aliphatic heterocycles. The highest BCUT2D eigenvalue weighted by atomic mass is 35.5. The Kier molecular flexibility index (Phi) is 4.89. The van der Waals surface area contributed by atoms with Crippen LogP contribution in [0.1, 0.15) is 37.7 Å². The lowest BCUT2D eigenvalue weighted by Crippen LogP contribution is -2.37. The monoisotopic (exact) mass is 344 g/mol. The number of ketones is 1. The third-order valence-electron chi connectivity index (χ3n) is 4.31. The number of carbonyl (C=O) groups is 1. The fourth-order valence-electron chi connectivity index (χ4n) is 3.33. The number of rotatable bonds is 3. The Morgan fingerprint density at radius 2 is 2.04 bits per heavy atom. The molecule has 1 aliphatic carbocycles. The summed E-state index contributed by atoms with van der Waals surface area (Å²) in [6.07, 6.45) is 2.27. The predicted octanol–water partition coefficient (Wildman–Crippen LogP) is 4.74. The average molecular weight is 345 g/mol. The second kappa shape index (κ2) is 6.90. The number of carbonyl (C=O) groups excluding carboxylic acids is 1. The standard InChI is InChI=1S/C18H17ClN2OS/c1-2-23-18-13(10-20)16(11-6-8-12(19)9-7-11)17-14(21-18)4-3-5-15(17)22/h6-9,16-17H,2-5H2,1H3/t16-,17+/m0/s1. The molecule has 2 atom stereocenters. The van der Waals surface area contributed by atoms with Crippen molar-refractivity contribution in [1.82, 2.24) is 0 Å². The molecule has 3 nitrogen and oxygen atoms in total. The highest BCUT2D eigenvalue weighted by molar-refractivity contribution is 8.03. The van der Waals surface area contributed by atoms with Gasteiger partial charge in [-0.15, -0.1) is 11.8 Å². The van der Waals surface area contributed by atoms with Crippen LogP contribution in [0.3, 0.4) is 0 Å². The largest absolute Gasteiger partial charge is 0.299 e. The summed E-state index contributed by atoms with van der Waals surface area (Å²) in [6, 6.07) is 9.80. The molecular formula is C18H17ClN2OS. The topological polar surface area (TPSA) is 53.2 Å². The highest BCUT2D eigenvalue weighted by Crippen LogP contribution is 2.44. The molecule has 1 aromatic carbocycles. The molecule has 1 aromatic rings. The van der Waals surface area contributed by atoms with Gasteiger partial charge in [-0.25, -0.2) is 4.99 Å². The molecule has 118 valence electrons. The van der Waals surface area contributed by atoms with Crippen LogP contribution in [0.25, 0.3) is 0 Å². The number of benzene rings is 1. The lowest BCUT2D eigenvalue weighted by Gasteiger charge is -2.34. The maximum Gasteiger partial charge on any atom is 0.142 e. The number of hydrogen-bond acceptors (Lipinski definition) is 4. The van der Waals surface area contributed by atoms with Crippen molar-refractivity contribution in [3.63, 3.8) is 0 Å². The van der Waals surface area contributed by atoms with Gasteiger partial charge in [0.1, 0.15) is 10.8 Å². The summed E-state index contributed by atoms with van der Waals surface area (Å²) in [6.45, 7) is 2.04. The number of hydrogen-bond donors (Lipinski definition) is 0. The Balaban J connectivity index is 2.15. The van der Waals surface area contributed by atoms with Gasteiger partial charge in [0.15, 0.2) is 0 Å². The van der Waals surface area contributed by atoms with Crippen LogP contribution in [-0.2, 0) is 4.79 Å². The molecule has 23 heavy (non-hydrogen) atoms. The summed E-state index contributed by atoms with van der Waals surface area (Å²) in [5.41, 5.74) is 2.52. The molecule has 1 heterocycles. The summed E-state index contributed by atoms with van der Waals surface area (Å²) in [5.74, 6) is 0.527. The highest BCUT2D eigenvalue weighted by Gasteiger charge is 2.41. The summed E-state index contributed by atoms with van der Waals surface area (Å²) < 4.78 is 0. The van der Waals surface area contributed by atoms with Crippen LogP contribution in [0.4, 0.5) is 0 Å². The fourth-order valence-corrected chi connectivity index (χ4v) is 4.24. The van der Waals surface area contributed by atoms with Crippen molar-refractivity contribution in [3.8, 4) is 6.07 Å². The summed E-state index contributed by atoms with van der Waals surface area (Å²) in [7, 11) is 0. The van der Waals surface area contributed by atoms with Crippen LogP contribution in [-0.4, -0.2) is 17.2 Å². The van der Waals surface area contributed by atoms with E-state index in [0.717, 1.165) is 34.9 Å². The number of nitriles is 1. The van der Waals surface area contributed by atoms with Crippen molar-refractivity contribution in [2.75, 3.05) is 5.75 Å². The van der Waals surface area contributed by atoms with E-state index in [9.17, 15) is 10.1 Å². The van der Waals surface area contributed by atoms with Crippen LogP contribution in [0.5, 0.6) is 0 Å². The van der Waals surface area contributed by atoms with E-state index in [1.165, 1.54) is 0 Å². The normalized spacial score (nSPS) is 24.0. The lowest BCUT2D eigenvalue weighted by molar-refractivity contribution is -0.121. The molecule has 0 aromatic heterocycles. The van der Waals surface area contributed by atoms with E-state index < -0.39 is 0 Å². The first-order valence-electron chi connectivity index (χ1n) is 7.78. The molecular weight excluding hydrogens is 328 g/mol. The number of nitrogens with zero attached hydrogens (tertiary/aromatic N) is 2. The van der Waals surface area contributed by atoms with Gasteiger partial charge in [-0.2, -0.15) is 5.26 Å². The van der Waals surface area contributed by atoms with Gasteiger partial charge >= 0.3 is 0 Å². The Morgan fingerprint density at radius 3 is 2.70 bits per heavy atom. The quantitative estimate of drug-likeness (QED) is 0.796. The van der Waals surface area contributed by atoms with Crippen molar-refractivity contribution in [2.45, 2.75) is 32.1 Å². The molecule has 0 N–H and O–H groups in total. The van der Waals surface area contributed by atoms with Gasteiger partial charge in [0, 0.05) is 23.1 Å². The predicted molar refractivity (Wildman–Crippen MR) is 94.7 cm³/mol. The molecule has 0 amide bonds. The molecule has 5 heteroatoms. The third kappa shape index (κ3) is 3.08. The van der Waals surface area contributed by atoms with E-state index in [1.807, 2.05) is 31.2 Å². The zero-order valence-electron chi connectivity index (χ0n) is 12.9. The smallest absolute Gasteiger partial charge is 0.142 e. The van der Waals surface area contributed by atoms with E-state index in [4.69, 9.17) is 11.6 Å². The minimum atomic E-state index is -0.291. The minimum absolute atomic E-state index is 0.197. The molecule has 0 bridgehead atoms. The van der Waals surface area contributed by atoms with Gasteiger partial charge in [0.05, 0.1) is 17.6 Å². The van der Waals surface area contributed by atoms with Crippen molar-refractivity contribution < 1.29 is 4.79 Å². The molecule has 0 spiro atoms. The van der Waals surface area contributed by atoms with Crippen LogP contribution >= 0.6 is 23.4 Å². The van der Waals surface area contributed by atoms with E-state index >= 15 is 0 Å². The van der Waals surface area contributed by atoms with Crippen LogP contribution in [0.15, 0.2) is 39.9 Å². The maximum atomic E-state index is 12.6. The number of halogens is 1. The van der Waals surface area contributed by atoms with E-state index in [-0.39, 0.29) is 17.6 Å². The van der Waals surface area contributed by atoms with Gasteiger partial charge in [-0.1, -0.05) is 30.7 Å². The van der Waals surface area contributed by atoms with Gasteiger partial charge in [-0.3, -0.25) is 4.79 Å². The molecule has 0 radical (unpaired) electrons. The lowest BCUT2D eigenvalue weighted by atomic mass is 9.70. The molecule has 1 saturated carbocycles. The summed E-state index contributed by atoms with van der Waals surface area (Å²) >= 11 is 7.57. The number of Topliss-reactive ketones (excluding diaryl/α,β-unsaturated/α-hetero) is 1. The SMILES string of the molecule is CCSC1=C(C#N)[C@H](c2ccc(Cl)cc2)[C@H]2C(=O)CCCC2=N1. The first kappa shape index (κ1) is 16.3. The first-order valence-corrected chi connectivity index (χ1v) is 9.14. The zero-order valence-corrected chi connectivity index (χ0v) is 14.5. The molecule has 1 fully saturated rings.